The molecule has 0 aromatic carbocycles. The van der Waals surface area contributed by atoms with Gasteiger partial charge >= 0.3 is 0 Å². The van der Waals surface area contributed by atoms with Crippen molar-refractivity contribution < 1.29 is 4.74 Å². The summed E-state index contributed by atoms with van der Waals surface area (Å²) in [6, 6.07) is 1.96. The van der Waals surface area contributed by atoms with Crippen molar-refractivity contribution in [3.63, 3.8) is 0 Å². The smallest absolute Gasteiger partial charge is 0.155 e. The van der Waals surface area contributed by atoms with E-state index in [4.69, 9.17) is 4.74 Å². The Labute approximate surface area is 113 Å². The topological polar surface area (TPSA) is 51.5 Å². The summed E-state index contributed by atoms with van der Waals surface area (Å²) in [5, 5.41) is 7.65. The van der Waals surface area contributed by atoms with Gasteiger partial charge in [-0.1, -0.05) is 12.2 Å². The Hall–Kier alpha value is -1.72. The van der Waals surface area contributed by atoms with Crippen molar-refractivity contribution in [3.05, 3.63) is 41.9 Å². The molecule has 0 aliphatic carbocycles. The number of fused-ring (bicyclic) bond motifs is 1. The molecule has 2 rings (SSSR count). The van der Waals surface area contributed by atoms with Crippen molar-refractivity contribution in [2.24, 2.45) is 0 Å². The first-order valence-electron chi connectivity index (χ1n) is 6.39. The minimum Gasteiger partial charge on any atom is -0.376 e. The van der Waals surface area contributed by atoms with E-state index in [-0.39, 0.29) is 0 Å². The third-order valence-corrected chi connectivity index (χ3v) is 2.59. The number of ether oxygens (including phenoxy) is 1. The zero-order chi connectivity index (χ0) is 13.7. The van der Waals surface area contributed by atoms with Gasteiger partial charge in [-0.25, -0.2) is 9.50 Å². The zero-order valence-electron chi connectivity index (χ0n) is 11.5. The highest BCUT2D eigenvalue weighted by molar-refractivity contribution is 5.38. The van der Waals surface area contributed by atoms with Crippen LogP contribution in [0.5, 0.6) is 0 Å². The first-order valence-corrected chi connectivity index (χ1v) is 6.39. The second kappa shape index (κ2) is 6.45. The molecule has 1 N–H and O–H groups in total. The largest absolute Gasteiger partial charge is 0.376 e. The van der Waals surface area contributed by atoms with Crippen molar-refractivity contribution in [1.82, 2.24) is 19.9 Å². The maximum absolute atomic E-state index is 5.41. The van der Waals surface area contributed by atoms with Gasteiger partial charge < -0.3 is 10.1 Å². The van der Waals surface area contributed by atoms with E-state index < -0.39 is 0 Å². The summed E-state index contributed by atoms with van der Waals surface area (Å²) in [6.07, 6.45) is 3.87. The Morgan fingerprint density at radius 2 is 2.37 bits per heavy atom. The van der Waals surface area contributed by atoms with Crippen LogP contribution in [0.15, 0.2) is 30.6 Å². The van der Waals surface area contributed by atoms with Crippen molar-refractivity contribution in [2.75, 3.05) is 19.8 Å². The van der Waals surface area contributed by atoms with Crippen LogP contribution in [0.1, 0.15) is 18.2 Å². The van der Waals surface area contributed by atoms with Crippen LogP contribution in [-0.2, 0) is 11.3 Å². The van der Waals surface area contributed by atoms with Crippen molar-refractivity contribution >= 4 is 5.65 Å². The van der Waals surface area contributed by atoms with E-state index in [1.807, 2.05) is 36.8 Å². The number of aryl methyl sites for hydroxylation is 1. The molecular weight excluding hydrogens is 240 g/mol. The summed E-state index contributed by atoms with van der Waals surface area (Å²) in [5.41, 5.74) is 4.01. The molecule has 19 heavy (non-hydrogen) atoms. The van der Waals surface area contributed by atoms with Gasteiger partial charge in [0.15, 0.2) is 5.65 Å². The van der Waals surface area contributed by atoms with Crippen LogP contribution in [0.3, 0.4) is 0 Å². The van der Waals surface area contributed by atoms with Gasteiger partial charge in [0.05, 0.1) is 18.9 Å². The Bertz CT molecular complexity index is 562. The molecule has 0 spiro atoms. The number of nitrogens with one attached hydrogen (secondary N) is 1. The average molecular weight is 260 g/mol. The third kappa shape index (κ3) is 4.15. The molecule has 5 heteroatoms. The summed E-state index contributed by atoms with van der Waals surface area (Å²) in [6.45, 7) is 10.6. The molecule has 0 amide bonds. The van der Waals surface area contributed by atoms with Crippen LogP contribution in [0.4, 0.5) is 0 Å². The van der Waals surface area contributed by atoms with E-state index in [1.165, 1.54) is 0 Å². The monoisotopic (exact) mass is 260 g/mol. The fourth-order valence-corrected chi connectivity index (χ4v) is 1.75. The van der Waals surface area contributed by atoms with Crippen LogP contribution in [0, 0.1) is 6.92 Å². The summed E-state index contributed by atoms with van der Waals surface area (Å²) >= 11 is 0. The molecule has 0 saturated carbocycles. The summed E-state index contributed by atoms with van der Waals surface area (Å²) < 4.78 is 7.22. The molecule has 0 unspecified atom stereocenters. The molecule has 0 radical (unpaired) electrons. The fraction of sp³-hybridized carbons (Fsp3) is 0.429. The number of hydrogen-bond donors (Lipinski definition) is 1. The van der Waals surface area contributed by atoms with E-state index in [9.17, 15) is 0 Å². The molecule has 0 saturated heterocycles. The Balaban J connectivity index is 1.76. The summed E-state index contributed by atoms with van der Waals surface area (Å²) in [7, 11) is 0. The highest BCUT2D eigenvalue weighted by Crippen LogP contribution is 2.04. The van der Waals surface area contributed by atoms with Gasteiger partial charge in [-0.3, -0.25) is 0 Å². The van der Waals surface area contributed by atoms with Gasteiger partial charge in [0, 0.05) is 37.1 Å². The maximum atomic E-state index is 5.41. The van der Waals surface area contributed by atoms with E-state index >= 15 is 0 Å². The van der Waals surface area contributed by atoms with Crippen LogP contribution in [-0.4, -0.2) is 34.4 Å². The van der Waals surface area contributed by atoms with Gasteiger partial charge in [0.1, 0.15) is 0 Å². The lowest BCUT2D eigenvalue weighted by Gasteiger charge is -2.06. The molecule has 0 bridgehead atoms. The molecule has 0 fully saturated rings. The van der Waals surface area contributed by atoms with Gasteiger partial charge in [-0.15, -0.1) is 0 Å². The number of nitrogens with zero attached hydrogens (tertiary/aromatic N) is 3. The lowest BCUT2D eigenvalue weighted by molar-refractivity contribution is 0.157. The summed E-state index contributed by atoms with van der Waals surface area (Å²) in [4.78, 5) is 4.36. The Morgan fingerprint density at radius 1 is 1.53 bits per heavy atom. The van der Waals surface area contributed by atoms with E-state index in [0.29, 0.717) is 13.2 Å². The van der Waals surface area contributed by atoms with Crippen LogP contribution < -0.4 is 5.32 Å². The van der Waals surface area contributed by atoms with E-state index in [0.717, 1.165) is 35.6 Å². The predicted molar refractivity (Wildman–Crippen MR) is 75.1 cm³/mol. The van der Waals surface area contributed by atoms with Crippen molar-refractivity contribution in [1.29, 1.82) is 0 Å². The van der Waals surface area contributed by atoms with Crippen LogP contribution in [0.25, 0.3) is 5.65 Å². The molecule has 102 valence electrons. The predicted octanol–water partition coefficient (Wildman–Crippen LogP) is 1.72. The minimum atomic E-state index is 0.627. The molecule has 0 aliphatic heterocycles. The zero-order valence-corrected chi connectivity index (χ0v) is 11.5. The van der Waals surface area contributed by atoms with Gasteiger partial charge in [-0.05, 0) is 13.8 Å². The summed E-state index contributed by atoms with van der Waals surface area (Å²) in [5.74, 6) is 0. The SMILES string of the molecule is C=C(C)COCCNCc1cnc2cc(C)nn2c1. The molecular formula is C14H20N4O. The average Bonchev–Trinajstić information content (AvgIpc) is 2.72. The molecule has 2 heterocycles. The van der Waals surface area contributed by atoms with Crippen molar-refractivity contribution in [3.8, 4) is 0 Å². The highest BCUT2D eigenvalue weighted by Gasteiger charge is 2.00. The second-order valence-corrected chi connectivity index (χ2v) is 4.74. The van der Waals surface area contributed by atoms with Crippen LogP contribution in [0.2, 0.25) is 0 Å². The number of aromatic nitrogens is 3. The van der Waals surface area contributed by atoms with Gasteiger partial charge in [0.25, 0.3) is 0 Å². The Kier molecular flexibility index (Phi) is 4.65. The Morgan fingerprint density at radius 3 is 3.16 bits per heavy atom. The first kappa shape index (κ1) is 13.7. The normalized spacial score (nSPS) is 11.1. The van der Waals surface area contributed by atoms with Crippen molar-refractivity contribution in [2.45, 2.75) is 20.4 Å². The number of hydrogen-bond acceptors (Lipinski definition) is 4. The lowest BCUT2D eigenvalue weighted by Crippen LogP contribution is -2.20. The standard InChI is InChI=1S/C14H20N4O/c1-11(2)10-19-5-4-15-7-13-8-16-14-6-12(3)17-18(14)9-13/h6,8-9,15H,1,4-5,7,10H2,2-3H3. The first-order chi connectivity index (χ1) is 9.15. The van der Waals surface area contributed by atoms with Gasteiger partial charge in [-0.2, -0.15) is 5.10 Å². The minimum absolute atomic E-state index is 0.627. The quantitative estimate of drug-likeness (QED) is 0.608. The third-order valence-electron chi connectivity index (χ3n) is 2.59. The van der Waals surface area contributed by atoms with Crippen LogP contribution >= 0.6 is 0 Å². The molecule has 0 atom stereocenters. The van der Waals surface area contributed by atoms with Gasteiger partial charge in [0.2, 0.25) is 0 Å². The van der Waals surface area contributed by atoms with E-state index in [1.54, 1.807) is 0 Å². The lowest BCUT2D eigenvalue weighted by atomic mass is 10.3. The molecule has 2 aromatic rings. The second-order valence-electron chi connectivity index (χ2n) is 4.74. The molecule has 0 aliphatic rings. The fourth-order valence-electron chi connectivity index (χ4n) is 1.75. The number of rotatable bonds is 7. The maximum Gasteiger partial charge on any atom is 0.155 e. The van der Waals surface area contributed by atoms with E-state index in [2.05, 4.69) is 22.0 Å². The highest BCUT2D eigenvalue weighted by atomic mass is 16.5. The molecule has 2 aromatic heterocycles. The molecule has 5 nitrogen and oxygen atoms in total.